The maximum Gasteiger partial charge on any atom is 0.255 e. The predicted molar refractivity (Wildman–Crippen MR) is 88.2 cm³/mol. The quantitative estimate of drug-likeness (QED) is 0.902. The molecule has 0 saturated carbocycles. The molecule has 0 bridgehead atoms. The summed E-state index contributed by atoms with van der Waals surface area (Å²) in [4.78, 5) is 32.5. The van der Waals surface area contributed by atoms with Crippen LogP contribution in [0.5, 0.6) is 0 Å². The van der Waals surface area contributed by atoms with Gasteiger partial charge in [-0.2, -0.15) is 0 Å². The standard InChI is InChI=1S/C17H20N4O2/c1-11-18-16-7-8-21(10-15(16)17(23)19-11)9-13-3-5-14(6-4-13)20-12(2)22/h3-6H,7-10H2,1-2H3,(H,20,22)(H,18,19,23). The molecule has 1 aliphatic rings. The van der Waals surface area contributed by atoms with Crippen molar-refractivity contribution in [3.63, 3.8) is 0 Å². The number of carbonyl (C=O) groups excluding carboxylic acids is 1. The molecule has 6 heteroatoms. The lowest BCUT2D eigenvalue weighted by Gasteiger charge is -2.27. The molecule has 0 atom stereocenters. The zero-order valence-corrected chi connectivity index (χ0v) is 13.3. The van der Waals surface area contributed by atoms with Crippen LogP contribution in [0, 0.1) is 6.92 Å². The predicted octanol–water partition coefficient (Wildman–Crippen LogP) is 1.60. The molecule has 6 nitrogen and oxygen atoms in total. The fourth-order valence-electron chi connectivity index (χ4n) is 2.90. The van der Waals surface area contributed by atoms with Crippen molar-refractivity contribution in [2.24, 2.45) is 0 Å². The summed E-state index contributed by atoms with van der Waals surface area (Å²) in [5.74, 6) is 0.600. The van der Waals surface area contributed by atoms with Crippen LogP contribution in [0.4, 0.5) is 5.69 Å². The molecule has 0 aliphatic carbocycles. The summed E-state index contributed by atoms with van der Waals surface area (Å²) in [6, 6.07) is 7.79. The summed E-state index contributed by atoms with van der Waals surface area (Å²) in [5.41, 5.74) is 3.61. The van der Waals surface area contributed by atoms with Gasteiger partial charge in [0.15, 0.2) is 0 Å². The SMILES string of the molecule is CC(=O)Nc1ccc(CN2CCc3nc(C)[nH]c(=O)c3C2)cc1. The number of nitrogens with one attached hydrogen (secondary N) is 2. The van der Waals surface area contributed by atoms with Gasteiger partial charge in [0.2, 0.25) is 5.91 Å². The zero-order valence-electron chi connectivity index (χ0n) is 13.3. The van der Waals surface area contributed by atoms with Crippen LogP contribution in [0.25, 0.3) is 0 Å². The zero-order chi connectivity index (χ0) is 16.4. The number of amides is 1. The number of rotatable bonds is 3. The van der Waals surface area contributed by atoms with Gasteiger partial charge >= 0.3 is 0 Å². The summed E-state index contributed by atoms with van der Waals surface area (Å²) in [6.45, 7) is 5.58. The Balaban J connectivity index is 1.70. The number of aryl methyl sites for hydroxylation is 1. The van der Waals surface area contributed by atoms with Crippen LogP contribution < -0.4 is 10.9 Å². The van der Waals surface area contributed by atoms with Gasteiger partial charge in [0, 0.05) is 38.7 Å². The molecular formula is C17H20N4O2. The molecule has 23 heavy (non-hydrogen) atoms. The molecule has 1 amide bonds. The first kappa shape index (κ1) is 15.4. The average Bonchev–Trinajstić information content (AvgIpc) is 2.49. The highest BCUT2D eigenvalue weighted by atomic mass is 16.1. The number of anilines is 1. The number of hydrogen-bond donors (Lipinski definition) is 2. The van der Waals surface area contributed by atoms with Crippen LogP contribution in [0.15, 0.2) is 29.1 Å². The lowest BCUT2D eigenvalue weighted by molar-refractivity contribution is -0.114. The van der Waals surface area contributed by atoms with Crippen LogP contribution >= 0.6 is 0 Å². The number of H-pyrrole nitrogens is 1. The van der Waals surface area contributed by atoms with Crippen LogP contribution in [0.2, 0.25) is 0 Å². The van der Waals surface area contributed by atoms with E-state index < -0.39 is 0 Å². The second kappa shape index (κ2) is 6.34. The first-order valence-electron chi connectivity index (χ1n) is 7.69. The largest absolute Gasteiger partial charge is 0.326 e. The summed E-state index contributed by atoms with van der Waals surface area (Å²) >= 11 is 0. The fraction of sp³-hybridized carbons (Fsp3) is 0.353. The Hall–Kier alpha value is -2.47. The molecule has 1 aromatic heterocycles. The Morgan fingerprint density at radius 2 is 2.09 bits per heavy atom. The fourth-order valence-corrected chi connectivity index (χ4v) is 2.90. The molecular weight excluding hydrogens is 292 g/mol. The second-order valence-corrected chi connectivity index (χ2v) is 5.92. The lowest BCUT2D eigenvalue weighted by atomic mass is 10.1. The Morgan fingerprint density at radius 1 is 1.35 bits per heavy atom. The first-order valence-corrected chi connectivity index (χ1v) is 7.69. The van der Waals surface area contributed by atoms with Gasteiger partial charge in [-0.3, -0.25) is 14.5 Å². The van der Waals surface area contributed by atoms with E-state index in [1.807, 2.05) is 31.2 Å². The van der Waals surface area contributed by atoms with Gasteiger partial charge in [0.1, 0.15) is 5.82 Å². The van der Waals surface area contributed by atoms with Crippen LogP contribution in [-0.4, -0.2) is 27.3 Å². The number of fused-ring (bicyclic) bond motifs is 1. The van der Waals surface area contributed by atoms with E-state index in [0.717, 1.165) is 42.0 Å². The van der Waals surface area contributed by atoms with Gasteiger partial charge in [-0.05, 0) is 24.6 Å². The van der Waals surface area contributed by atoms with Crippen molar-refractivity contribution in [2.45, 2.75) is 33.4 Å². The van der Waals surface area contributed by atoms with E-state index >= 15 is 0 Å². The Morgan fingerprint density at radius 3 is 2.78 bits per heavy atom. The number of aromatic nitrogens is 2. The number of nitrogens with zero attached hydrogens (tertiary/aromatic N) is 2. The van der Waals surface area contributed by atoms with Crippen molar-refractivity contribution in [2.75, 3.05) is 11.9 Å². The molecule has 2 heterocycles. The van der Waals surface area contributed by atoms with Gasteiger partial charge in [-0.1, -0.05) is 12.1 Å². The molecule has 1 aromatic carbocycles. The van der Waals surface area contributed by atoms with Crippen molar-refractivity contribution >= 4 is 11.6 Å². The van der Waals surface area contributed by atoms with Crippen LogP contribution in [0.3, 0.4) is 0 Å². The van der Waals surface area contributed by atoms with Crippen LogP contribution in [-0.2, 0) is 24.3 Å². The number of aromatic amines is 1. The third-order valence-electron chi connectivity index (χ3n) is 3.95. The minimum Gasteiger partial charge on any atom is -0.326 e. The maximum atomic E-state index is 12.1. The highest BCUT2D eigenvalue weighted by molar-refractivity contribution is 5.88. The number of benzene rings is 1. The Labute approximate surface area is 134 Å². The van der Waals surface area contributed by atoms with Crippen molar-refractivity contribution in [3.8, 4) is 0 Å². The molecule has 2 N–H and O–H groups in total. The maximum absolute atomic E-state index is 12.1. The molecule has 3 rings (SSSR count). The monoisotopic (exact) mass is 312 g/mol. The van der Waals surface area contributed by atoms with Gasteiger partial charge in [-0.15, -0.1) is 0 Å². The molecule has 0 fully saturated rings. The summed E-state index contributed by atoms with van der Waals surface area (Å²) in [6.07, 6.45) is 0.796. The summed E-state index contributed by atoms with van der Waals surface area (Å²) in [7, 11) is 0. The molecule has 0 radical (unpaired) electrons. The van der Waals surface area contributed by atoms with Crippen LogP contribution in [0.1, 0.15) is 29.6 Å². The Bertz CT molecular complexity index is 780. The molecule has 0 saturated heterocycles. The third kappa shape index (κ3) is 3.65. The van der Waals surface area contributed by atoms with E-state index in [4.69, 9.17) is 0 Å². The van der Waals surface area contributed by atoms with E-state index in [1.165, 1.54) is 6.92 Å². The average molecular weight is 312 g/mol. The molecule has 1 aliphatic heterocycles. The topological polar surface area (TPSA) is 78.1 Å². The van der Waals surface area contributed by atoms with E-state index in [0.29, 0.717) is 12.4 Å². The Kier molecular flexibility index (Phi) is 4.25. The highest BCUT2D eigenvalue weighted by Crippen LogP contribution is 2.17. The molecule has 0 unspecified atom stereocenters. The normalized spacial score (nSPS) is 14.3. The van der Waals surface area contributed by atoms with Crippen molar-refractivity contribution in [1.82, 2.24) is 14.9 Å². The van der Waals surface area contributed by atoms with Crippen molar-refractivity contribution in [3.05, 3.63) is 57.3 Å². The van der Waals surface area contributed by atoms with E-state index in [1.54, 1.807) is 0 Å². The van der Waals surface area contributed by atoms with E-state index in [2.05, 4.69) is 20.2 Å². The minimum absolute atomic E-state index is 0.0294. The highest BCUT2D eigenvalue weighted by Gasteiger charge is 2.20. The van der Waals surface area contributed by atoms with Gasteiger partial charge in [-0.25, -0.2) is 4.98 Å². The first-order chi connectivity index (χ1) is 11.0. The third-order valence-corrected chi connectivity index (χ3v) is 3.95. The number of carbonyl (C=O) groups is 1. The molecule has 120 valence electrons. The summed E-state index contributed by atoms with van der Waals surface area (Å²) in [5, 5.41) is 2.76. The molecule has 2 aromatic rings. The minimum atomic E-state index is -0.0765. The van der Waals surface area contributed by atoms with Crippen molar-refractivity contribution < 1.29 is 4.79 Å². The van der Waals surface area contributed by atoms with E-state index in [-0.39, 0.29) is 11.5 Å². The lowest BCUT2D eigenvalue weighted by Crippen LogP contribution is -2.35. The van der Waals surface area contributed by atoms with Gasteiger partial charge in [0.05, 0.1) is 11.3 Å². The van der Waals surface area contributed by atoms with Crippen molar-refractivity contribution in [1.29, 1.82) is 0 Å². The molecule has 0 spiro atoms. The second-order valence-electron chi connectivity index (χ2n) is 5.92. The van der Waals surface area contributed by atoms with Gasteiger partial charge < -0.3 is 10.3 Å². The van der Waals surface area contributed by atoms with E-state index in [9.17, 15) is 9.59 Å². The number of hydrogen-bond acceptors (Lipinski definition) is 4. The van der Waals surface area contributed by atoms with Gasteiger partial charge in [0.25, 0.3) is 5.56 Å². The summed E-state index contributed by atoms with van der Waals surface area (Å²) < 4.78 is 0. The smallest absolute Gasteiger partial charge is 0.255 e.